The Morgan fingerprint density at radius 2 is 1.89 bits per heavy atom. The number of rotatable bonds is 3. The number of anilines is 1. The van der Waals surface area contributed by atoms with Gasteiger partial charge in [0.1, 0.15) is 5.71 Å². The van der Waals surface area contributed by atoms with Gasteiger partial charge < -0.3 is 15.7 Å². The Bertz CT molecular complexity index is 521. The molecule has 1 aromatic carbocycles. The highest BCUT2D eigenvalue weighted by Gasteiger charge is 2.17. The van der Waals surface area contributed by atoms with E-state index in [1.54, 1.807) is 12.1 Å². The molecule has 0 spiro atoms. The van der Waals surface area contributed by atoms with Crippen LogP contribution >= 0.6 is 0 Å². The van der Waals surface area contributed by atoms with Crippen LogP contribution in [0.4, 0.5) is 5.69 Å². The molecule has 96 valence electrons. The second kappa shape index (κ2) is 5.81. The molecule has 0 unspecified atom stereocenters. The van der Waals surface area contributed by atoms with Gasteiger partial charge in [-0.2, -0.15) is 0 Å². The van der Waals surface area contributed by atoms with Gasteiger partial charge in [0.2, 0.25) is 0 Å². The number of nitrogens with one attached hydrogen (secondary N) is 1. The predicted molar refractivity (Wildman–Crippen MR) is 68.7 cm³/mol. The largest absolute Gasteiger partial charge is 0.411 e. The van der Waals surface area contributed by atoms with Crippen LogP contribution < -0.4 is 5.32 Å². The lowest BCUT2D eigenvalue weighted by molar-refractivity contribution is -0.110. The first-order valence-corrected chi connectivity index (χ1v) is 5.30. The minimum absolute atomic E-state index is 0.0692. The fourth-order valence-corrected chi connectivity index (χ4v) is 1.40. The number of oxime groups is 2. The topological polar surface area (TPSA) is 94.3 Å². The maximum absolute atomic E-state index is 11.8. The Labute approximate surface area is 105 Å². The van der Waals surface area contributed by atoms with Gasteiger partial charge in [-0.3, -0.25) is 4.79 Å². The zero-order valence-electron chi connectivity index (χ0n) is 10.4. The van der Waals surface area contributed by atoms with E-state index < -0.39 is 5.91 Å². The Kier molecular flexibility index (Phi) is 4.42. The van der Waals surface area contributed by atoms with Crippen LogP contribution in [0.1, 0.15) is 18.1 Å². The van der Waals surface area contributed by atoms with Gasteiger partial charge in [-0.25, -0.2) is 0 Å². The molecule has 0 heterocycles. The van der Waals surface area contributed by atoms with Crippen LogP contribution in [0.2, 0.25) is 0 Å². The van der Waals surface area contributed by atoms with Gasteiger partial charge in [0.15, 0.2) is 5.71 Å². The SMILES string of the molecule is CC(=NO)C(=NO)C(=O)Nc1cccc(C)c1C. The van der Waals surface area contributed by atoms with Crippen LogP contribution in [0.5, 0.6) is 0 Å². The molecule has 6 heteroatoms. The van der Waals surface area contributed by atoms with Gasteiger partial charge >= 0.3 is 0 Å². The van der Waals surface area contributed by atoms with Crippen LogP contribution in [0.3, 0.4) is 0 Å². The third-order valence-electron chi connectivity index (χ3n) is 2.66. The summed E-state index contributed by atoms with van der Waals surface area (Å²) in [5.74, 6) is -0.637. The van der Waals surface area contributed by atoms with Crippen molar-refractivity contribution in [2.24, 2.45) is 10.3 Å². The molecule has 0 radical (unpaired) electrons. The van der Waals surface area contributed by atoms with E-state index in [-0.39, 0.29) is 11.4 Å². The lowest BCUT2D eigenvalue weighted by Gasteiger charge is -2.10. The maximum atomic E-state index is 11.8. The van der Waals surface area contributed by atoms with Gasteiger partial charge in [0, 0.05) is 5.69 Å². The molecular formula is C12H15N3O3. The molecule has 0 aliphatic rings. The van der Waals surface area contributed by atoms with E-state index >= 15 is 0 Å². The number of benzene rings is 1. The molecule has 0 atom stereocenters. The van der Waals surface area contributed by atoms with Crippen LogP contribution in [-0.2, 0) is 4.79 Å². The number of hydrogen-bond acceptors (Lipinski definition) is 5. The zero-order valence-corrected chi connectivity index (χ0v) is 10.4. The summed E-state index contributed by atoms with van der Waals surface area (Å²) in [4.78, 5) is 11.8. The Morgan fingerprint density at radius 1 is 1.22 bits per heavy atom. The highest BCUT2D eigenvalue weighted by Crippen LogP contribution is 2.17. The zero-order chi connectivity index (χ0) is 13.7. The summed E-state index contributed by atoms with van der Waals surface area (Å²) in [5, 5.41) is 25.5. The lowest BCUT2D eigenvalue weighted by atomic mass is 10.1. The fraction of sp³-hybridized carbons (Fsp3) is 0.250. The highest BCUT2D eigenvalue weighted by atomic mass is 16.4. The average Bonchev–Trinajstić information content (AvgIpc) is 2.35. The highest BCUT2D eigenvalue weighted by molar-refractivity contribution is 6.68. The summed E-state index contributed by atoms with van der Waals surface area (Å²) in [6.07, 6.45) is 0. The van der Waals surface area contributed by atoms with Crippen LogP contribution in [0.15, 0.2) is 28.5 Å². The number of carbonyl (C=O) groups excluding carboxylic acids is 1. The smallest absolute Gasteiger partial charge is 0.279 e. The van der Waals surface area contributed by atoms with Crippen molar-refractivity contribution < 1.29 is 15.2 Å². The molecule has 0 aromatic heterocycles. The first kappa shape index (κ1) is 13.7. The van der Waals surface area contributed by atoms with E-state index in [4.69, 9.17) is 10.4 Å². The molecule has 0 fully saturated rings. The first-order chi connectivity index (χ1) is 8.51. The summed E-state index contributed by atoms with van der Waals surface area (Å²) in [7, 11) is 0. The summed E-state index contributed by atoms with van der Waals surface area (Å²) in [6, 6.07) is 5.47. The van der Waals surface area contributed by atoms with Crippen molar-refractivity contribution in [3.05, 3.63) is 29.3 Å². The second-order valence-electron chi connectivity index (χ2n) is 3.84. The second-order valence-corrected chi connectivity index (χ2v) is 3.84. The van der Waals surface area contributed by atoms with Gasteiger partial charge in [-0.15, -0.1) is 0 Å². The Balaban J connectivity index is 2.98. The standard InChI is InChI=1S/C12H15N3O3/c1-7-5-4-6-10(8(7)2)13-12(16)11(15-18)9(3)14-17/h4-6,17-18H,1-3H3,(H,13,16). The van der Waals surface area contributed by atoms with Crippen molar-refractivity contribution in [2.75, 3.05) is 5.32 Å². The summed E-state index contributed by atoms with van der Waals surface area (Å²) in [5.41, 5.74) is 2.16. The van der Waals surface area contributed by atoms with Crippen LogP contribution in [0, 0.1) is 13.8 Å². The van der Waals surface area contributed by atoms with Gasteiger partial charge in [0.25, 0.3) is 5.91 Å². The van der Waals surface area contributed by atoms with Crippen LogP contribution in [-0.4, -0.2) is 27.7 Å². The fourth-order valence-electron chi connectivity index (χ4n) is 1.40. The molecule has 1 amide bonds. The normalized spacial score (nSPS) is 12.4. The molecule has 3 N–H and O–H groups in total. The number of nitrogens with zero attached hydrogens (tertiary/aromatic N) is 2. The Morgan fingerprint density at radius 3 is 2.44 bits per heavy atom. The minimum Gasteiger partial charge on any atom is -0.411 e. The average molecular weight is 249 g/mol. The van der Waals surface area contributed by atoms with Crippen molar-refractivity contribution in [3.63, 3.8) is 0 Å². The summed E-state index contributed by atoms with van der Waals surface area (Å²) in [6.45, 7) is 5.15. The van der Waals surface area contributed by atoms with E-state index in [0.29, 0.717) is 5.69 Å². The molecule has 1 aromatic rings. The van der Waals surface area contributed by atoms with Gasteiger partial charge in [-0.05, 0) is 38.0 Å². The molecule has 1 rings (SSSR count). The van der Waals surface area contributed by atoms with Crippen molar-refractivity contribution in [1.82, 2.24) is 0 Å². The number of hydrogen-bond donors (Lipinski definition) is 3. The molecular weight excluding hydrogens is 234 g/mol. The quantitative estimate of drug-likeness (QED) is 0.434. The first-order valence-electron chi connectivity index (χ1n) is 5.30. The molecule has 0 bridgehead atoms. The molecule has 0 aliphatic heterocycles. The molecule has 0 aliphatic carbocycles. The van der Waals surface area contributed by atoms with Gasteiger partial charge in [0.05, 0.1) is 0 Å². The van der Waals surface area contributed by atoms with Crippen molar-refractivity contribution in [1.29, 1.82) is 0 Å². The summed E-state index contributed by atoms with van der Waals surface area (Å²) >= 11 is 0. The lowest BCUT2D eigenvalue weighted by Crippen LogP contribution is -2.29. The number of amides is 1. The maximum Gasteiger partial charge on any atom is 0.279 e. The third kappa shape index (κ3) is 2.85. The van der Waals surface area contributed by atoms with E-state index in [0.717, 1.165) is 11.1 Å². The minimum atomic E-state index is -0.637. The van der Waals surface area contributed by atoms with Crippen molar-refractivity contribution in [3.8, 4) is 0 Å². The molecule has 18 heavy (non-hydrogen) atoms. The molecule has 6 nitrogen and oxygen atoms in total. The van der Waals surface area contributed by atoms with E-state index in [2.05, 4.69) is 15.6 Å². The molecule has 0 saturated carbocycles. The van der Waals surface area contributed by atoms with Gasteiger partial charge in [-0.1, -0.05) is 22.4 Å². The Hall–Kier alpha value is -2.37. The van der Waals surface area contributed by atoms with Crippen LogP contribution in [0.25, 0.3) is 0 Å². The van der Waals surface area contributed by atoms with Crippen molar-refractivity contribution >= 4 is 23.0 Å². The predicted octanol–water partition coefficient (Wildman–Crippen LogP) is 1.92. The van der Waals surface area contributed by atoms with E-state index in [9.17, 15) is 4.79 Å². The monoisotopic (exact) mass is 249 g/mol. The third-order valence-corrected chi connectivity index (χ3v) is 2.66. The molecule has 0 saturated heterocycles. The van der Waals surface area contributed by atoms with Crippen molar-refractivity contribution in [2.45, 2.75) is 20.8 Å². The van der Waals surface area contributed by atoms with E-state index in [1.807, 2.05) is 19.9 Å². The summed E-state index contributed by atoms with van der Waals surface area (Å²) < 4.78 is 0. The number of carbonyl (C=O) groups is 1. The number of aryl methyl sites for hydroxylation is 1. The van der Waals surface area contributed by atoms with E-state index in [1.165, 1.54) is 6.92 Å².